The molecule has 1 unspecified atom stereocenters. The molecular formula is C22H25F2N3O2. The summed E-state index contributed by atoms with van der Waals surface area (Å²) in [5.74, 6) is 0.946. The van der Waals surface area contributed by atoms with Gasteiger partial charge >= 0.3 is 0 Å². The van der Waals surface area contributed by atoms with Crippen LogP contribution in [0.15, 0.2) is 28.8 Å². The summed E-state index contributed by atoms with van der Waals surface area (Å²) in [6.45, 7) is 6.19. The lowest BCUT2D eigenvalue weighted by Gasteiger charge is -2.33. The van der Waals surface area contributed by atoms with Crippen molar-refractivity contribution < 1.29 is 18.0 Å². The number of pyridine rings is 1. The number of fused-ring (bicyclic) bond motifs is 1. The van der Waals surface area contributed by atoms with Crippen molar-refractivity contribution in [1.29, 1.82) is 0 Å². The molecule has 2 aromatic heterocycles. The number of likely N-dealkylation sites (tertiary alicyclic amines) is 1. The van der Waals surface area contributed by atoms with Crippen LogP contribution in [0.4, 0.5) is 8.78 Å². The van der Waals surface area contributed by atoms with Crippen molar-refractivity contribution in [3.05, 3.63) is 52.3 Å². The molecule has 0 bridgehead atoms. The molecule has 3 heterocycles. The van der Waals surface area contributed by atoms with Gasteiger partial charge in [-0.2, -0.15) is 0 Å². The Balaban J connectivity index is 1.60. The fourth-order valence-electron chi connectivity index (χ4n) is 4.24. The summed E-state index contributed by atoms with van der Waals surface area (Å²) < 4.78 is 38.0. The zero-order valence-electron chi connectivity index (χ0n) is 16.9. The molecule has 3 aromatic rings. The number of nitrogens with zero attached hydrogens (tertiary/aromatic N) is 3. The standard InChI is InChI=1S/C22H25F2N3O2/c1-13-6-7-19(28-3)16(9-13)12-27-8-4-5-15(11-27)18-10-17(21(23)24)20-14(2)26-29-22(20)25-18/h6-7,9-10,15,21H,4-5,8,11-12H2,1-3H3. The maximum atomic E-state index is 13.7. The summed E-state index contributed by atoms with van der Waals surface area (Å²) in [6.07, 6.45) is -0.693. The Morgan fingerprint density at radius 3 is 2.86 bits per heavy atom. The van der Waals surface area contributed by atoms with Gasteiger partial charge in [-0.3, -0.25) is 4.90 Å². The first-order valence-corrected chi connectivity index (χ1v) is 9.87. The smallest absolute Gasteiger partial charge is 0.264 e. The van der Waals surface area contributed by atoms with Crippen LogP contribution in [0.2, 0.25) is 0 Å². The van der Waals surface area contributed by atoms with Crippen LogP contribution in [0.1, 0.15) is 53.3 Å². The minimum atomic E-state index is -2.59. The highest BCUT2D eigenvalue weighted by atomic mass is 19.3. The Bertz CT molecular complexity index is 1020. The fraction of sp³-hybridized carbons (Fsp3) is 0.455. The third-order valence-electron chi connectivity index (χ3n) is 5.66. The summed E-state index contributed by atoms with van der Waals surface area (Å²) >= 11 is 0. The van der Waals surface area contributed by atoms with Gasteiger partial charge in [-0.15, -0.1) is 0 Å². The van der Waals surface area contributed by atoms with Crippen LogP contribution in [-0.4, -0.2) is 35.2 Å². The van der Waals surface area contributed by atoms with Gasteiger partial charge in [0.1, 0.15) is 5.75 Å². The first-order valence-electron chi connectivity index (χ1n) is 9.87. The van der Waals surface area contributed by atoms with Gasteiger partial charge in [-0.1, -0.05) is 22.9 Å². The summed E-state index contributed by atoms with van der Waals surface area (Å²) in [4.78, 5) is 6.88. The number of aromatic nitrogens is 2. The summed E-state index contributed by atoms with van der Waals surface area (Å²) in [5.41, 5.74) is 3.59. The molecule has 29 heavy (non-hydrogen) atoms. The quantitative estimate of drug-likeness (QED) is 0.591. The second-order valence-electron chi connectivity index (χ2n) is 7.77. The Labute approximate surface area is 168 Å². The van der Waals surface area contributed by atoms with Gasteiger partial charge in [0.05, 0.1) is 18.2 Å². The Morgan fingerprint density at radius 2 is 2.10 bits per heavy atom. The van der Waals surface area contributed by atoms with Crippen molar-refractivity contribution in [1.82, 2.24) is 15.0 Å². The van der Waals surface area contributed by atoms with Crippen LogP contribution in [0, 0.1) is 13.8 Å². The van der Waals surface area contributed by atoms with E-state index in [2.05, 4.69) is 28.0 Å². The van der Waals surface area contributed by atoms with E-state index in [0.717, 1.165) is 43.8 Å². The van der Waals surface area contributed by atoms with E-state index in [1.165, 1.54) is 5.56 Å². The molecule has 0 spiro atoms. The molecule has 0 aliphatic carbocycles. The molecule has 4 rings (SSSR count). The number of aryl methyl sites for hydroxylation is 2. The zero-order valence-corrected chi connectivity index (χ0v) is 16.9. The van der Waals surface area contributed by atoms with Gasteiger partial charge < -0.3 is 9.26 Å². The largest absolute Gasteiger partial charge is 0.496 e. The van der Waals surface area contributed by atoms with E-state index in [1.54, 1.807) is 20.1 Å². The van der Waals surface area contributed by atoms with Crippen molar-refractivity contribution >= 4 is 11.1 Å². The molecule has 1 aromatic carbocycles. The lowest BCUT2D eigenvalue weighted by molar-refractivity contribution is 0.152. The number of methoxy groups -OCH3 is 1. The number of benzene rings is 1. The van der Waals surface area contributed by atoms with E-state index in [1.807, 2.05) is 12.1 Å². The molecule has 1 fully saturated rings. The average Bonchev–Trinajstić information content (AvgIpc) is 3.08. The summed E-state index contributed by atoms with van der Waals surface area (Å²) in [7, 11) is 1.68. The molecule has 5 nitrogen and oxygen atoms in total. The van der Waals surface area contributed by atoms with Crippen molar-refractivity contribution in [2.75, 3.05) is 20.2 Å². The monoisotopic (exact) mass is 401 g/mol. The lowest BCUT2D eigenvalue weighted by atomic mass is 9.92. The number of piperidine rings is 1. The van der Waals surface area contributed by atoms with Gasteiger partial charge in [-0.05, 0) is 45.4 Å². The van der Waals surface area contributed by atoms with Crippen LogP contribution >= 0.6 is 0 Å². The highest BCUT2D eigenvalue weighted by molar-refractivity contribution is 5.80. The topological polar surface area (TPSA) is 51.4 Å². The lowest BCUT2D eigenvalue weighted by Crippen LogP contribution is -2.34. The van der Waals surface area contributed by atoms with Crippen molar-refractivity contribution in [2.45, 2.75) is 45.6 Å². The van der Waals surface area contributed by atoms with Gasteiger partial charge in [0, 0.05) is 35.8 Å². The predicted molar refractivity (Wildman–Crippen MR) is 106 cm³/mol. The molecule has 0 saturated carbocycles. The van der Waals surface area contributed by atoms with E-state index < -0.39 is 6.43 Å². The molecule has 154 valence electrons. The van der Waals surface area contributed by atoms with Crippen LogP contribution in [0.25, 0.3) is 11.1 Å². The van der Waals surface area contributed by atoms with Gasteiger partial charge in [0.2, 0.25) is 0 Å². The number of alkyl halides is 2. The highest BCUT2D eigenvalue weighted by Gasteiger charge is 2.27. The second-order valence-corrected chi connectivity index (χ2v) is 7.77. The minimum Gasteiger partial charge on any atom is -0.496 e. The number of halogens is 2. The van der Waals surface area contributed by atoms with Gasteiger partial charge in [0.25, 0.3) is 12.1 Å². The molecule has 1 atom stereocenters. The molecule has 1 aliphatic rings. The average molecular weight is 401 g/mol. The molecule has 0 N–H and O–H groups in total. The third-order valence-corrected chi connectivity index (χ3v) is 5.66. The molecule has 7 heteroatoms. The predicted octanol–water partition coefficient (Wildman–Crippen LogP) is 5.17. The zero-order chi connectivity index (χ0) is 20.5. The van der Waals surface area contributed by atoms with Gasteiger partial charge in [0.15, 0.2) is 0 Å². The Hall–Kier alpha value is -2.54. The first kappa shape index (κ1) is 19.8. The SMILES string of the molecule is COc1ccc(C)cc1CN1CCCC(c2cc(C(F)F)c3c(C)noc3n2)C1. The highest BCUT2D eigenvalue weighted by Crippen LogP contribution is 2.35. The van der Waals surface area contributed by atoms with Crippen molar-refractivity contribution in [3.8, 4) is 5.75 Å². The maximum Gasteiger partial charge on any atom is 0.264 e. The Kier molecular flexibility index (Phi) is 5.50. The van der Waals surface area contributed by atoms with Crippen LogP contribution in [0.5, 0.6) is 5.75 Å². The molecule has 0 amide bonds. The Morgan fingerprint density at radius 1 is 1.28 bits per heavy atom. The number of hydrogen-bond acceptors (Lipinski definition) is 5. The number of rotatable bonds is 5. The maximum absolute atomic E-state index is 13.7. The molecular weight excluding hydrogens is 376 g/mol. The fourth-order valence-corrected chi connectivity index (χ4v) is 4.24. The molecule has 1 saturated heterocycles. The van der Waals surface area contributed by atoms with Crippen LogP contribution < -0.4 is 4.74 Å². The van der Waals surface area contributed by atoms with E-state index >= 15 is 0 Å². The van der Waals surface area contributed by atoms with Crippen molar-refractivity contribution in [2.24, 2.45) is 0 Å². The van der Waals surface area contributed by atoms with E-state index in [0.29, 0.717) is 16.8 Å². The normalized spacial score (nSPS) is 17.9. The molecule has 1 aliphatic heterocycles. The first-order chi connectivity index (χ1) is 14.0. The van der Waals surface area contributed by atoms with E-state index in [-0.39, 0.29) is 17.2 Å². The van der Waals surface area contributed by atoms with Gasteiger partial charge in [-0.25, -0.2) is 13.8 Å². The summed E-state index contributed by atoms with van der Waals surface area (Å²) in [6, 6.07) is 7.70. The van der Waals surface area contributed by atoms with Crippen molar-refractivity contribution in [3.63, 3.8) is 0 Å². The minimum absolute atomic E-state index is 0.0405. The summed E-state index contributed by atoms with van der Waals surface area (Å²) in [5, 5.41) is 4.16. The number of ether oxygens (including phenoxy) is 1. The molecule has 0 radical (unpaired) electrons. The van der Waals surface area contributed by atoms with Crippen LogP contribution in [0.3, 0.4) is 0 Å². The van der Waals surface area contributed by atoms with E-state index in [9.17, 15) is 8.78 Å². The third kappa shape index (κ3) is 3.96. The second kappa shape index (κ2) is 8.06. The number of hydrogen-bond donors (Lipinski definition) is 0. The van der Waals surface area contributed by atoms with E-state index in [4.69, 9.17) is 9.26 Å². The van der Waals surface area contributed by atoms with Crippen LogP contribution in [-0.2, 0) is 6.54 Å².